The number of hydrogen-bond donors (Lipinski definition) is 2. The topological polar surface area (TPSA) is 92.5 Å². The van der Waals surface area contributed by atoms with Crippen LogP contribution in [-0.4, -0.2) is 41.2 Å². The van der Waals surface area contributed by atoms with Crippen LogP contribution in [0.15, 0.2) is 0 Å². The second-order valence-corrected chi connectivity index (χ2v) is 5.41. The number of likely N-dealkylation sites (tertiary alicyclic amines) is 1. The average molecular weight is 304 g/mol. The van der Waals surface area contributed by atoms with E-state index in [1.807, 2.05) is 0 Å². The summed E-state index contributed by atoms with van der Waals surface area (Å²) < 4.78 is 0. The van der Waals surface area contributed by atoms with E-state index in [-0.39, 0.29) is 30.1 Å². The summed E-state index contributed by atoms with van der Waals surface area (Å²) in [5, 5.41) is 2.81. The second kappa shape index (κ2) is 7.04. The van der Waals surface area contributed by atoms with Crippen molar-refractivity contribution in [1.29, 1.82) is 0 Å². The van der Waals surface area contributed by atoms with Crippen LogP contribution < -0.4 is 11.1 Å². The highest BCUT2D eigenvalue weighted by Gasteiger charge is 2.36. The van der Waals surface area contributed by atoms with Crippen molar-refractivity contribution in [3.05, 3.63) is 0 Å². The third-order valence-corrected chi connectivity index (χ3v) is 3.95. The Kier molecular flexibility index (Phi) is 5.95. The maximum atomic E-state index is 11.9. The molecular formula is C13H22ClN3O3. The fraction of sp³-hybridized carbons (Fsp3) is 0.769. The summed E-state index contributed by atoms with van der Waals surface area (Å²) in [6.07, 6.45) is 4.69. The van der Waals surface area contributed by atoms with Crippen LogP contribution in [0.3, 0.4) is 0 Å². The highest BCUT2D eigenvalue weighted by molar-refractivity contribution is 6.01. The first kappa shape index (κ1) is 16.9. The highest BCUT2D eigenvalue weighted by Crippen LogP contribution is 2.27. The van der Waals surface area contributed by atoms with Gasteiger partial charge in [-0.05, 0) is 19.3 Å². The van der Waals surface area contributed by atoms with Gasteiger partial charge in [0, 0.05) is 25.9 Å². The minimum Gasteiger partial charge on any atom is -0.354 e. The van der Waals surface area contributed by atoms with Gasteiger partial charge < -0.3 is 11.1 Å². The molecule has 7 heteroatoms. The van der Waals surface area contributed by atoms with Crippen molar-refractivity contribution >= 4 is 30.1 Å². The van der Waals surface area contributed by atoms with Crippen molar-refractivity contribution in [2.24, 2.45) is 5.73 Å². The Hall–Kier alpha value is -1.14. The standard InChI is InChI=1S/C13H21N3O3.ClH/c14-13(6-1-2-7-13)12(19)15-8-3-9-16-10(17)4-5-11(16)18;/h1-9,14H2,(H,15,19);1H. The molecule has 0 bridgehead atoms. The molecule has 0 aromatic rings. The normalized spacial score (nSPS) is 20.9. The van der Waals surface area contributed by atoms with Gasteiger partial charge in [0.1, 0.15) is 0 Å². The van der Waals surface area contributed by atoms with E-state index in [1.54, 1.807) is 0 Å². The third kappa shape index (κ3) is 3.70. The average Bonchev–Trinajstić information content (AvgIpc) is 2.95. The first-order valence-electron chi connectivity index (χ1n) is 6.93. The lowest BCUT2D eigenvalue weighted by atomic mass is 9.98. The predicted molar refractivity (Wildman–Crippen MR) is 76.2 cm³/mol. The zero-order valence-corrected chi connectivity index (χ0v) is 12.3. The molecule has 20 heavy (non-hydrogen) atoms. The highest BCUT2D eigenvalue weighted by atomic mass is 35.5. The Morgan fingerprint density at radius 3 is 2.30 bits per heavy atom. The molecule has 0 atom stereocenters. The summed E-state index contributed by atoms with van der Waals surface area (Å²) in [7, 11) is 0. The van der Waals surface area contributed by atoms with Gasteiger partial charge >= 0.3 is 0 Å². The molecule has 2 fully saturated rings. The zero-order chi connectivity index (χ0) is 13.9. The fourth-order valence-corrected chi connectivity index (χ4v) is 2.72. The fourth-order valence-electron chi connectivity index (χ4n) is 2.72. The number of carbonyl (C=O) groups excluding carboxylic acids is 3. The van der Waals surface area contributed by atoms with Crippen molar-refractivity contribution in [2.75, 3.05) is 13.1 Å². The summed E-state index contributed by atoms with van der Waals surface area (Å²) in [4.78, 5) is 35.9. The minimum absolute atomic E-state index is 0. The first-order chi connectivity index (χ1) is 9.03. The van der Waals surface area contributed by atoms with Crippen LogP contribution in [0.25, 0.3) is 0 Å². The molecular weight excluding hydrogens is 282 g/mol. The lowest BCUT2D eigenvalue weighted by Gasteiger charge is -2.22. The Bertz CT molecular complexity index is 378. The van der Waals surface area contributed by atoms with Crippen LogP contribution in [0.2, 0.25) is 0 Å². The van der Waals surface area contributed by atoms with E-state index in [9.17, 15) is 14.4 Å². The van der Waals surface area contributed by atoms with E-state index >= 15 is 0 Å². The molecule has 1 heterocycles. The van der Waals surface area contributed by atoms with Crippen LogP contribution in [0.5, 0.6) is 0 Å². The molecule has 3 N–H and O–H groups in total. The number of hydrogen-bond acceptors (Lipinski definition) is 4. The van der Waals surface area contributed by atoms with Gasteiger partial charge in [0.2, 0.25) is 17.7 Å². The van der Waals surface area contributed by atoms with E-state index in [0.717, 1.165) is 25.7 Å². The van der Waals surface area contributed by atoms with Crippen molar-refractivity contribution in [2.45, 2.75) is 50.5 Å². The maximum Gasteiger partial charge on any atom is 0.240 e. The Labute approximate surface area is 124 Å². The lowest BCUT2D eigenvalue weighted by Crippen LogP contribution is -2.52. The molecule has 3 amide bonds. The van der Waals surface area contributed by atoms with Crippen LogP contribution in [0, 0.1) is 0 Å². The zero-order valence-electron chi connectivity index (χ0n) is 11.5. The van der Waals surface area contributed by atoms with E-state index in [2.05, 4.69) is 5.32 Å². The molecule has 0 radical (unpaired) electrons. The van der Waals surface area contributed by atoms with Gasteiger partial charge in [-0.15, -0.1) is 12.4 Å². The molecule has 1 saturated heterocycles. The molecule has 0 spiro atoms. The van der Waals surface area contributed by atoms with Crippen LogP contribution in [0.1, 0.15) is 44.9 Å². The molecule has 2 aliphatic rings. The van der Waals surface area contributed by atoms with Crippen molar-refractivity contribution in [1.82, 2.24) is 10.2 Å². The largest absolute Gasteiger partial charge is 0.354 e. The van der Waals surface area contributed by atoms with Gasteiger partial charge in [0.25, 0.3) is 0 Å². The predicted octanol–water partition coefficient (Wildman–Crippen LogP) is 0.335. The molecule has 0 aromatic carbocycles. The van der Waals surface area contributed by atoms with E-state index in [1.165, 1.54) is 4.90 Å². The Morgan fingerprint density at radius 1 is 1.20 bits per heavy atom. The quantitative estimate of drug-likeness (QED) is 0.565. The second-order valence-electron chi connectivity index (χ2n) is 5.41. The number of carbonyl (C=O) groups is 3. The van der Waals surface area contributed by atoms with Gasteiger partial charge in [-0.2, -0.15) is 0 Å². The molecule has 1 aliphatic heterocycles. The number of amides is 3. The molecule has 6 nitrogen and oxygen atoms in total. The van der Waals surface area contributed by atoms with Gasteiger partial charge in [0.15, 0.2) is 0 Å². The van der Waals surface area contributed by atoms with E-state index < -0.39 is 5.54 Å². The Morgan fingerprint density at radius 2 is 1.75 bits per heavy atom. The summed E-state index contributed by atoms with van der Waals surface area (Å²) in [6.45, 7) is 0.838. The number of halogens is 1. The van der Waals surface area contributed by atoms with Gasteiger partial charge in [-0.1, -0.05) is 12.8 Å². The van der Waals surface area contributed by atoms with Crippen molar-refractivity contribution in [3.63, 3.8) is 0 Å². The smallest absolute Gasteiger partial charge is 0.240 e. The third-order valence-electron chi connectivity index (χ3n) is 3.95. The van der Waals surface area contributed by atoms with Gasteiger partial charge in [-0.25, -0.2) is 0 Å². The monoisotopic (exact) mass is 303 g/mol. The Balaban J connectivity index is 0.00000200. The number of rotatable bonds is 5. The number of imide groups is 1. The minimum atomic E-state index is -0.709. The molecule has 1 saturated carbocycles. The van der Waals surface area contributed by atoms with E-state index in [0.29, 0.717) is 32.4 Å². The van der Waals surface area contributed by atoms with Gasteiger partial charge in [-0.3, -0.25) is 19.3 Å². The van der Waals surface area contributed by atoms with Gasteiger partial charge in [0.05, 0.1) is 5.54 Å². The molecule has 2 rings (SSSR count). The van der Waals surface area contributed by atoms with E-state index in [4.69, 9.17) is 5.73 Å². The number of nitrogens with zero attached hydrogens (tertiary/aromatic N) is 1. The summed E-state index contributed by atoms with van der Waals surface area (Å²) >= 11 is 0. The lowest BCUT2D eigenvalue weighted by molar-refractivity contribution is -0.138. The molecule has 114 valence electrons. The molecule has 0 aromatic heterocycles. The molecule has 0 unspecified atom stereocenters. The van der Waals surface area contributed by atoms with Crippen LogP contribution >= 0.6 is 12.4 Å². The summed E-state index contributed by atoms with van der Waals surface area (Å²) in [5.41, 5.74) is 5.31. The summed E-state index contributed by atoms with van der Waals surface area (Å²) in [6, 6.07) is 0. The molecule has 1 aliphatic carbocycles. The van der Waals surface area contributed by atoms with Crippen LogP contribution in [-0.2, 0) is 14.4 Å². The van der Waals surface area contributed by atoms with Crippen molar-refractivity contribution in [3.8, 4) is 0 Å². The summed E-state index contributed by atoms with van der Waals surface area (Å²) in [5.74, 6) is -0.325. The van der Waals surface area contributed by atoms with Crippen LogP contribution in [0.4, 0.5) is 0 Å². The maximum absolute atomic E-state index is 11.9. The van der Waals surface area contributed by atoms with Crippen molar-refractivity contribution < 1.29 is 14.4 Å². The number of nitrogens with two attached hydrogens (primary N) is 1. The first-order valence-corrected chi connectivity index (χ1v) is 6.93. The SMILES string of the molecule is Cl.NC1(C(=O)NCCCN2C(=O)CCC2=O)CCCC1. The number of nitrogens with one attached hydrogen (secondary N) is 1.